The molecule has 0 N–H and O–H groups in total. The lowest BCUT2D eigenvalue weighted by molar-refractivity contribution is 1.18. The van der Waals surface area contributed by atoms with Crippen molar-refractivity contribution in [2.45, 2.75) is 0 Å². The minimum Gasteiger partial charge on any atom is -0.309 e. The average molecular weight is 689 g/mol. The second-order valence-corrected chi connectivity index (χ2v) is 13.7. The summed E-state index contributed by atoms with van der Waals surface area (Å²) in [4.78, 5) is 2.44. The molecule has 0 amide bonds. The van der Waals surface area contributed by atoms with E-state index >= 15 is 0 Å². The van der Waals surface area contributed by atoms with Crippen molar-refractivity contribution in [1.29, 1.82) is 0 Å². The van der Waals surface area contributed by atoms with Gasteiger partial charge in [0.15, 0.2) is 0 Å². The third-order valence-corrected chi connectivity index (χ3v) is 10.5. The number of anilines is 3. The minimum atomic E-state index is 1.09. The van der Waals surface area contributed by atoms with Crippen molar-refractivity contribution < 1.29 is 0 Å². The van der Waals surface area contributed by atoms with E-state index in [0.29, 0.717) is 0 Å². The van der Waals surface area contributed by atoms with Crippen LogP contribution < -0.4 is 4.90 Å². The molecule has 10 rings (SSSR count). The standard InChI is InChI=1S/C52H36N2/c1-4-18-37(19-5-1)44-28-12-14-31-48(44)54(49-32-15-13-29-45(49)38-20-6-2-7-21-38)43-27-16-24-41(34-43)46-30-17-33-50-52(46)47-35-39-22-10-11-23-40(39)36-51(47)53(50)42-25-8-3-9-26-42/h1-36H. The molecule has 0 atom stereocenters. The lowest BCUT2D eigenvalue weighted by Gasteiger charge is -2.30. The normalized spacial score (nSPS) is 11.3. The highest BCUT2D eigenvalue weighted by Gasteiger charge is 2.22. The van der Waals surface area contributed by atoms with Gasteiger partial charge in [0.1, 0.15) is 0 Å². The van der Waals surface area contributed by atoms with Gasteiger partial charge in [-0.25, -0.2) is 0 Å². The maximum Gasteiger partial charge on any atom is 0.0547 e. The largest absolute Gasteiger partial charge is 0.309 e. The second-order valence-electron chi connectivity index (χ2n) is 13.7. The highest BCUT2D eigenvalue weighted by Crippen LogP contribution is 2.46. The van der Waals surface area contributed by atoms with Gasteiger partial charge in [0.25, 0.3) is 0 Å². The Morgan fingerprint density at radius 1 is 0.333 bits per heavy atom. The molecule has 10 aromatic rings. The molecule has 2 heteroatoms. The molecule has 0 saturated heterocycles. The SMILES string of the molecule is c1ccc(-c2ccccc2N(c2cccc(-c3cccc4c3c3cc5ccccc5cc3n4-c3ccccc3)c2)c2ccccc2-c2ccccc2)cc1. The molecule has 2 nitrogen and oxygen atoms in total. The Bertz CT molecular complexity index is 2840. The van der Waals surface area contributed by atoms with Crippen molar-refractivity contribution >= 4 is 49.6 Å². The molecule has 0 aliphatic heterocycles. The number of para-hydroxylation sites is 3. The van der Waals surface area contributed by atoms with Crippen molar-refractivity contribution in [3.63, 3.8) is 0 Å². The first-order chi connectivity index (χ1) is 26.8. The Labute approximate surface area is 315 Å². The van der Waals surface area contributed by atoms with E-state index in [1.54, 1.807) is 0 Å². The van der Waals surface area contributed by atoms with E-state index in [1.165, 1.54) is 60.4 Å². The molecule has 0 aliphatic carbocycles. The zero-order valence-electron chi connectivity index (χ0n) is 29.7. The number of hydrogen-bond acceptors (Lipinski definition) is 1. The van der Waals surface area contributed by atoms with E-state index in [9.17, 15) is 0 Å². The van der Waals surface area contributed by atoms with Crippen LogP contribution in [-0.2, 0) is 0 Å². The minimum absolute atomic E-state index is 1.09. The number of benzene rings is 9. The third kappa shape index (κ3) is 5.44. The summed E-state index contributed by atoms with van der Waals surface area (Å²) in [5.41, 5.74) is 13.9. The molecular weight excluding hydrogens is 653 g/mol. The molecular formula is C52H36N2. The van der Waals surface area contributed by atoms with Gasteiger partial charge in [-0.15, -0.1) is 0 Å². The van der Waals surface area contributed by atoms with E-state index < -0.39 is 0 Å². The summed E-state index contributed by atoms with van der Waals surface area (Å²) in [7, 11) is 0. The van der Waals surface area contributed by atoms with E-state index in [2.05, 4.69) is 228 Å². The van der Waals surface area contributed by atoms with Crippen LogP contribution >= 0.6 is 0 Å². The van der Waals surface area contributed by atoms with Crippen LogP contribution in [0.4, 0.5) is 17.1 Å². The fourth-order valence-electron chi connectivity index (χ4n) is 8.13. The molecule has 9 aromatic carbocycles. The maximum absolute atomic E-state index is 2.44. The Balaban J connectivity index is 1.24. The van der Waals surface area contributed by atoms with Crippen LogP contribution in [0.2, 0.25) is 0 Å². The van der Waals surface area contributed by atoms with E-state index in [-0.39, 0.29) is 0 Å². The molecule has 0 fully saturated rings. The predicted octanol–water partition coefficient (Wildman–Crippen LogP) is 14.4. The van der Waals surface area contributed by atoms with Gasteiger partial charge in [-0.2, -0.15) is 0 Å². The molecule has 0 saturated carbocycles. The molecule has 0 bridgehead atoms. The molecule has 1 aromatic heterocycles. The smallest absolute Gasteiger partial charge is 0.0547 e. The molecule has 0 unspecified atom stereocenters. The topological polar surface area (TPSA) is 8.17 Å². The Morgan fingerprint density at radius 2 is 0.833 bits per heavy atom. The van der Waals surface area contributed by atoms with E-state index in [4.69, 9.17) is 0 Å². The van der Waals surface area contributed by atoms with Gasteiger partial charge >= 0.3 is 0 Å². The summed E-state index contributed by atoms with van der Waals surface area (Å²) in [5, 5.41) is 4.97. The van der Waals surface area contributed by atoms with Gasteiger partial charge in [0.05, 0.1) is 22.4 Å². The Hall–Kier alpha value is -7.16. The summed E-state index contributed by atoms with van der Waals surface area (Å²) < 4.78 is 2.42. The zero-order valence-corrected chi connectivity index (χ0v) is 29.7. The Morgan fingerprint density at radius 3 is 1.48 bits per heavy atom. The fourth-order valence-corrected chi connectivity index (χ4v) is 8.13. The first-order valence-electron chi connectivity index (χ1n) is 18.5. The fraction of sp³-hybridized carbons (Fsp3) is 0. The van der Waals surface area contributed by atoms with Gasteiger partial charge in [-0.05, 0) is 87.6 Å². The third-order valence-electron chi connectivity index (χ3n) is 10.5. The van der Waals surface area contributed by atoms with Gasteiger partial charge in [-0.3, -0.25) is 0 Å². The van der Waals surface area contributed by atoms with Crippen LogP contribution in [-0.4, -0.2) is 4.57 Å². The van der Waals surface area contributed by atoms with Crippen molar-refractivity contribution in [3.05, 3.63) is 218 Å². The number of nitrogens with zero attached hydrogens (tertiary/aromatic N) is 2. The molecule has 0 radical (unpaired) electrons. The maximum atomic E-state index is 2.44. The predicted molar refractivity (Wildman–Crippen MR) is 229 cm³/mol. The highest BCUT2D eigenvalue weighted by atomic mass is 15.1. The zero-order chi connectivity index (χ0) is 35.8. The summed E-state index contributed by atoms with van der Waals surface area (Å²) in [6.45, 7) is 0. The lowest BCUT2D eigenvalue weighted by Crippen LogP contribution is -2.12. The highest BCUT2D eigenvalue weighted by molar-refractivity contribution is 6.18. The van der Waals surface area contributed by atoms with E-state index in [0.717, 1.165) is 28.3 Å². The van der Waals surface area contributed by atoms with Crippen molar-refractivity contribution in [2.24, 2.45) is 0 Å². The second kappa shape index (κ2) is 13.4. The molecule has 0 spiro atoms. The molecule has 1 heterocycles. The van der Waals surface area contributed by atoms with E-state index in [1.807, 2.05) is 0 Å². The monoisotopic (exact) mass is 688 g/mol. The summed E-state index contributed by atoms with van der Waals surface area (Å²) in [6.07, 6.45) is 0. The number of aromatic nitrogens is 1. The first-order valence-corrected chi connectivity index (χ1v) is 18.5. The van der Waals surface area contributed by atoms with Gasteiger partial charge in [0, 0.05) is 33.3 Å². The van der Waals surface area contributed by atoms with Crippen molar-refractivity contribution in [1.82, 2.24) is 4.57 Å². The molecule has 54 heavy (non-hydrogen) atoms. The van der Waals surface area contributed by atoms with Crippen LogP contribution in [0.15, 0.2) is 218 Å². The summed E-state index contributed by atoms with van der Waals surface area (Å²) in [5.74, 6) is 0. The van der Waals surface area contributed by atoms with Crippen molar-refractivity contribution in [2.75, 3.05) is 4.90 Å². The quantitative estimate of drug-likeness (QED) is 0.162. The number of hydrogen-bond donors (Lipinski definition) is 0. The van der Waals surface area contributed by atoms with Crippen LogP contribution in [0.25, 0.3) is 71.6 Å². The van der Waals surface area contributed by atoms with Gasteiger partial charge in [0.2, 0.25) is 0 Å². The first kappa shape index (κ1) is 31.6. The average Bonchev–Trinajstić information content (AvgIpc) is 3.57. The molecule has 0 aliphatic rings. The molecule has 254 valence electrons. The van der Waals surface area contributed by atoms with Crippen LogP contribution in [0.5, 0.6) is 0 Å². The van der Waals surface area contributed by atoms with Gasteiger partial charge < -0.3 is 9.47 Å². The van der Waals surface area contributed by atoms with Crippen LogP contribution in [0.1, 0.15) is 0 Å². The van der Waals surface area contributed by atoms with Crippen LogP contribution in [0.3, 0.4) is 0 Å². The van der Waals surface area contributed by atoms with Crippen molar-refractivity contribution in [3.8, 4) is 39.1 Å². The number of rotatable bonds is 7. The van der Waals surface area contributed by atoms with Crippen LogP contribution in [0, 0.1) is 0 Å². The summed E-state index contributed by atoms with van der Waals surface area (Å²) >= 11 is 0. The number of fused-ring (bicyclic) bond motifs is 4. The lowest BCUT2D eigenvalue weighted by atomic mass is 9.96. The van der Waals surface area contributed by atoms with Gasteiger partial charge in [-0.1, -0.05) is 164 Å². The Kier molecular flexibility index (Phi) is 7.85. The summed E-state index contributed by atoms with van der Waals surface area (Å²) in [6, 6.07) is 78.9.